The Morgan fingerprint density at radius 2 is 1.97 bits per heavy atom. The maximum absolute atomic E-state index is 13.1. The van der Waals surface area contributed by atoms with Crippen molar-refractivity contribution in [2.75, 3.05) is 7.11 Å². The normalized spacial score (nSPS) is 11.2. The lowest BCUT2D eigenvalue weighted by Crippen LogP contribution is -2.16. The van der Waals surface area contributed by atoms with Crippen molar-refractivity contribution in [1.82, 2.24) is 5.43 Å². The molecule has 9 heteroatoms. The van der Waals surface area contributed by atoms with Crippen LogP contribution in [-0.2, 0) is 6.61 Å². The molecule has 0 aliphatic heterocycles. The van der Waals surface area contributed by atoms with E-state index >= 15 is 0 Å². The zero-order chi connectivity index (χ0) is 23.4. The van der Waals surface area contributed by atoms with E-state index in [0.29, 0.717) is 27.7 Å². The minimum absolute atomic E-state index is 0.139. The van der Waals surface area contributed by atoms with E-state index < -0.39 is 5.91 Å². The van der Waals surface area contributed by atoms with Gasteiger partial charge in [-0.1, -0.05) is 39.7 Å². The van der Waals surface area contributed by atoms with Crippen LogP contribution in [-0.4, -0.2) is 19.2 Å². The van der Waals surface area contributed by atoms with Crippen LogP contribution in [0, 0.1) is 5.82 Å². The molecule has 4 rings (SSSR count). The van der Waals surface area contributed by atoms with Crippen LogP contribution in [0.5, 0.6) is 11.5 Å². The molecule has 1 N–H and O–H groups in total. The summed E-state index contributed by atoms with van der Waals surface area (Å²) in [6.07, 6.45) is 1.43. The number of halogens is 3. The van der Waals surface area contributed by atoms with E-state index in [0.717, 1.165) is 15.4 Å². The number of hydrogen-bond acceptors (Lipinski definition) is 5. The number of ether oxygens (including phenoxy) is 2. The molecule has 1 heterocycles. The first-order valence-corrected chi connectivity index (χ1v) is 10.9. The molecular weight excluding hydrogens is 515 g/mol. The lowest BCUT2D eigenvalue weighted by Gasteiger charge is -2.13. The first-order valence-electron chi connectivity index (χ1n) is 9.70. The van der Waals surface area contributed by atoms with Crippen LogP contribution in [0.3, 0.4) is 0 Å². The molecule has 0 spiro atoms. The topological polar surface area (TPSA) is 73.1 Å². The van der Waals surface area contributed by atoms with Crippen molar-refractivity contribution >= 4 is 50.6 Å². The van der Waals surface area contributed by atoms with E-state index in [2.05, 4.69) is 26.5 Å². The molecule has 0 atom stereocenters. The number of rotatable bonds is 7. The summed E-state index contributed by atoms with van der Waals surface area (Å²) in [7, 11) is 1.49. The van der Waals surface area contributed by atoms with Gasteiger partial charge in [-0.2, -0.15) is 5.10 Å². The van der Waals surface area contributed by atoms with Crippen LogP contribution in [0.4, 0.5) is 4.39 Å². The fourth-order valence-corrected chi connectivity index (χ4v) is 3.69. The lowest BCUT2D eigenvalue weighted by atomic mass is 10.2. The maximum Gasteiger partial charge on any atom is 0.307 e. The molecule has 0 unspecified atom stereocenters. The number of nitrogens with one attached hydrogen (secondary N) is 1. The van der Waals surface area contributed by atoms with Gasteiger partial charge in [0.2, 0.25) is 0 Å². The van der Waals surface area contributed by atoms with E-state index in [-0.39, 0.29) is 18.2 Å². The summed E-state index contributed by atoms with van der Waals surface area (Å²) >= 11 is 9.75. The SMILES string of the molecule is COc1cc(/C=N\NC(=O)c2cc3cc(Br)ccc3o2)cc(Cl)c1OCc1ccc(F)cc1. The van der Waals surface area contributed by atoms with E-state index in [1.807, 2.05) is 12.1 Å². The summed E-state index contributed by atoms with van der Waals surface area (Å²) in [6.45, 7) is 0.188. The predicted molar refractivity (Wildman–Crippen MR) is 128 cm³/mol. The van der Waals surface area contributed by atoms with E-state index in [9.17, 15) is 9.18 Å². The Labute approximate surface area is 202 Å². The molecule has 1 amide bonds. The number of furan rings is 1. The summed E-state index contributed by atoms with van der Waals surface area (Å²) < 4.78 is 30.6. The first kappa shape index (κ1) is 22.8. The molecular formula is C24H17BrClFN2O4. The molecule has 0 radical (unpaired) electrons. The van der Waals surface area contributed by atoms with Crippen LogP contribution in [0.1, 0.15) is 21.7 Å². The fraction of sp³-hybridized carbons (Fsp3) is 0.0833. The van der Waals surface area contributed by atoms with Gasteiger partial charge in [0.05, 0.1) is 18.3 Å². The Hall–Kier alpha value is -3.36. The number of carbonyl (C=O) groups is 1. The molecule has 168 valence electrons. The molecule has 0 saturated heterocycles. The Kier molecular flexibility index (Phi) is 6.96. The van der Waals surface area contributed by atoms with E-state index in [1.165, 1.54) is 25.5 Å². The average molecular weight is 532 g/mol. The fourth-order valence-electron chi connectivity index (χ4n) is 3.04. The Balaban J connectivity index is 1.44. The quantitative estimate of drug-likeness (QED) is 0.223. The summed E-state index contributed by atoms with van der Waals surface area (Å²) in [5.74, 6) is 0.0631. The van der Waals surface area contributed by atoms with Crippen molar-refractivity contribution in [3.8, 4) is 11.5 Å². The van der Waals surface area contributed by atoms with Gasteiger partial charge in [-0.15, -0.1) is 0 Å². The van der Waals surface area contributed by atoms with Crippen molar-refractivity contribution in [1.29, 1.82) is 0 Å². The van der Waals surface area contributed by atoms with Crippen LogP contribution in [0.25, 0.3) is 11.0 Å². The predicted octanol–water partition coefficient (Wildman–Crippen LogP) is 6.34. The van der Waals surface area contributed by atoms with Gasteiger partial charge in [-0.25, -0.2) is 9.82 Å². The largest absolute Gasteiger partial charge is 0.493 e. The third-order valence-corrected chi connectivity index (χ3v) is 5.40. The Morgan fingerprint density at radius 3 is 2.73 bits per heavy atom. The second-order valence-corrected chi connectivity index (χ2v) is 8.26. The molecule has 0 aliphatic rings. The summed E-state index contributed by atoms with van der Waals surface area (Å²) in [5.41, 5.74) is 4.38. The van der Waals surface area contributed by atoms with E-state index in [1.54, 1.807) is 36.4 Å². The number of methoxy groups -OCH3 is 1. The van der Waals surface area contributed by atoms with Crippen LogP contribution in [0.15, 0.2) is 74.7 Å². The van der Waals surface area contributed by atoms with Gasteiger partial charge in [0.15, 0.2) is 17.3 Å². The third kappa shape index (κ3) is 5.53. The summed E-state index contributed by atoms with van der Waals surface area (Å²) in [6, 6.07) is 16.3. The van der Waals surface area contributed by atoms with Crippen molar-refractivity contribution in [2.45, 2.75) is 6.61 Å². The standard InChI is InChI=1S/C24H17BrClFN2O4/c1-31-21-9-15(8-19(26)23(21)32-13-14-2-5-18(27)6-3-14)12-28-29-24(30)22-11-16-10-17(25)4-7-20(16)33-22/h2-12H,13H2,1H3,(H,29,30)/b28-12-. The highest BCUT2D eigenvalue weighted by Gasteiger charge is 2.14. The summed E-state index contributed by atoms with van der Waals surface area (Å²) in [4.78, 5) is 12.4. The smallest absolute Gasteiger partial charge is 0.307 e. The van der Waals surface area contributed by atoms with Crippen LogP contribution < -0.4 is 14.9 Å². The van der Waals surface area contributed by atoms with Crippen molar-refractivity contribution in [3.05, 3.63) is 92.9 Å². The number of hydrazone groups is 1. The molecule has 4 aromatic rings. The Bertz CT molecular complexity index is 1340. The number of benzene rings is 3. The second kappa shape index (κ2) is 10.1. The molecule has 33 heavy (non-hydrogen) atoms. The highest BCUT2D eigenvalue weighted by molar-refractivity contribution is 9.10. The lowest BCUT2D eigenvalue weighted by molar-refractivity contribution is 0.0929. The second-order valence-electron chi connectivity index (χ2n) is 6.94. The monoisotopic (exact) mass is 530 g/mol. The number of carbonyl (C=O) groups excluding carboxylic acids is 1. The van der Waals surface area contributed by atoms with Gasteiger partial charge in [0.25, 0.3) is 0 Å². The molecule has 1 aromatic heterocycles. The number of amides is 1. The molecule has 0 bridgehead atoms. The Morgan fingerprint density at radius 1 is 1.18 bits per heavy atom. The van der Waals surface area contributed by atoms with Crippen LogP contribution >= 0.6 is 27.5 Å². The maximum atomic E-state index is 13.1. The van der Waals surface area contributed by atoms with Crippen molar-refractivity contribution in [3.63, 3.8) is 0 Å². The molecule has 0 saturated carbocycles. The van der Waals surface area contributed by atoms with Crippen molar-refractivity contribution < 1.29 is 23.1 Å². The number of fused-ring (bicyclic) bond motifs is 1. The van der Waals surface area contributed by atoms with E-state index in [4.69, 9.17) is 25.5 Å². The van der Waals surface area contributed by atoms with Gasteiger partial charge < -0.3 is 13.9 Å². The van der Waals surface area contributed by atoms with Crippen molar-refractivity contribution in [2.24, 2.45) is 5.10 Å². The van der Waals surface area contributed by atoms with Gasteiger partial charge in [0, 0.05) is 9.86 Å². The third-order valence-electron chi connectivity index (χ3n) is 4.63. The number of hydrogen-bond donors (Lipinski definition) is 1. The van der Waals surface area contributed by atoms with Crippen LogP contribution in [0.2, 0.25) is 5.02 Å². The van der Waals surface area contributed by atoms with Gasteiger partial charge in [0.1, 0.15) is 18.0 Å². The highest BCUT2D eigenvalue weighted by Crippen LogP contribution is 2.36. The first-order chi connectivity index (χ1) is 15.9. The molecule has 0 fully saturated rings. The minimum Gasteiger partial charge on any atom is -0.493 e. The zero-order valence-electron chi connectivity index (χ0n) is 17.3. The number of nitrogens with zero attached hydrogens (tertiary/aromatic N) is 1. The summed E-state index contributed by atoms with van der Waals surface area (Å²) in [5, 5.41) is 5.07. The zero-order valence-corrected chi connectivity index (χ0v) is 19.6. The molecule has 6 nitrogen and oxygen atoms in total. The van der Waals surface area contributed by atoms with Gasteiger partial charge in [-0.05, 0) is 59.7 Å². The van der Waals surface area contributed by atoms with Gasteiger partial charge >= 0.3 is 5.91 Å². The molecule has 0 aliphatic carbocycles. The van der Waals surface area contributed by atoms with Gasteiger partial charge in [-0.3, -0.25) is 4.79 Å². The molecule has 3 aromatic carbocycles. The highest BCUT2D eigenvalue weighted by atomic mass is 79.9. The minimum atomic E-state index is -0.490. The average Bonchev–Trinajstić information content (AvgIpc) is 3.22.